The van der Waals surface area contributed by atoms with Crippen LogP contribution in [0.3, 0.4) is 0 Å². The first-order valence-corrected chi connectivity index (χ1v) is 12.4. The summed E-state index contributed by atoms with van der Waals surface area (Å²) in [5, 5.41) is 15.9. The molecule has 178 valence electrons. The lowest BCUT2D eigenvalue weighted by Gasteiger charge is -2.26. The first-order chi connectivity index (χ1) is 16.8. The minimum Gasteiger partial charge on any atom is -0.507 e. The Morgan fingerprint density at radius 2 is 1.66 bits per heavy atom. The van der Waals surface area contributed by atoms with Crippen molar-refractivity contribution in [2.45, 2.75) is 18.7 Å². The molecule has 4 aromatic rings. The van der Waals surface area contributed by atoms with Gasteiger partial charge in [-0.05, 0) is 60.0 Å². The molecule has 0 aliphatic carbocycles. The fourth-order valence-corrected chi connectivity index (χ4v) is 5.28. The molecule has 0 heterocycles. The Bertz CT molecular complexity index is 1520. The average Bonchev–Trinajstić information content (AvgIpc) is 2.86. The third kappa shape index (κ3) is 5.02. The molecule has 1 amide bonds. The van der Waals surface area contributed by atoms with Crippen LogP contribution in [-0.2, 0) is 14.8 Å². The van der Waals surface area contributed by atoms with Gasteiger partial charge in [0.15, 0.2) is 0 Å². The molecule has 2 N–H and O–H groups in total. The second kappa shape index (κ2) is 9.99. The zero-order valence-corrected chi connectivity index (χ0v) is 20.2. The number of amides is 1. The number of benzene rings is 4. The van der Waals surface area contributed by atoms with Gasteiger partial charge < -0.3 is 5.11 Å². The molecule has 8 heteroatoms. The number of phenolic OH excluding ortho intramolecular Hbond substituents is 1. The van der Waals surface area contributed by atoms with Crippen LogP contribution in [0.1, 0.15) is 16.7 Å². The fraction of sp³-hybridized carbons (Fsp3) is 0.111. The first-order valence-electron chi connectivity index (χ1n) is 11.0. The molecule has 0 aromatic heterocycles. The molecule has 0 spiro atoms. The number of carbonyl (C=O) groups is 1. The summed E-state index contributed by atoms with van der Waals surface area (Å²) in [5.41, 5.74) is 4.92. The summed E-state index contributed by atoms with van der Waals surface area (Å²) >= 11 is 0. The average molecular weight is 488 g/mol. The number of anilines is 1. The Balaban J connectivity index is 1.62. The molecule has 7 nitrogen and oxygen atoms in total. The monoisotopic (exact) mass is 487 g/mol. The second-order valence-electron chi connectivity index (χ2n) is 8.06. The van der Waals surface area contributed by atoms with Gasteiger partial charge in [0.1, 0.15) is 12.3 Å². The Hall–Kier alpha value is -4.17. The lowest BCUT2D eigenvalue weighted by molar-refractivity contribution is -0.119. The lowest BCUT2D eigenvalue weighted by atomic mass is 10.0. The van der Waals surface area contributed by atoms with Crippen molar-refractivity contribution in [3.63, 3.8) is 0 Å². The van der Waals surface area contributed by atoms with Crippen molar-refractivity contribution >= 4 is 38.6 Å². The third-order valence-corrected chi connectivity index (χ3v) is 7.57. The van der Waals surface area contributed by atoms with Gasteiger partial charge in [0, 0.05) is 5.56 Å². The predicted molar refractivity (Wildman–Crippen MR) is 138 cm³/mol. The highest BCUT2D eigenvalue weighted by Crippen LogP contribution is 2.28. The molecule has 0 atom stereocenters. The number of sulfonamides is 1. The summed E-state index contributed by atoms with van der Waals surface area (Å²) in [6.45, 7) is 3.23. The quantitative estimate of drug-likeness (QED) is 0.296. The zero-order chi connectivity index (χ0) is 25.0. The van der Waals surface area contributed by atoms with Crippen LogP contribution in [0.15, 0.2) is 94.9 Å². The van der Waals surface area contributed by atoms with Crippen LogP contribution in [0.2, 0.25) is 0 Å². The number of nitrogens with zero attached hydrogens (tertiary/aromatic N) is 2. The molecule has 0 aliphatic heterocycles. The van der Waals surface area contributed by atoms with E-state index in [0.717, 1.165) is 26.2 Å². The first kappa shape index (κ1) is 24.0. The minimum atomic E-state index is -4.02. The van der Waals surface area contributed by atoms with E-state index in [1.807, 2.05) is 44.2 Å². The van der Waals surface area contributed by atoms with Gasteiger partial charge in [-0.1, -0.05) is 60.7 Å². The van der Waals surface area contributed by atoms with Gasteiger partial charge in [-0.2, -0.15) is 5.10 Å². The molecule has 0 bridgehead atoms. The number of nitrogens with one attached hydrogen (secondary N) is 1. The van der Waals surface area contributed by atoms with E-state index in [1.54, 1.807) is 42.5 Å². The van der Waals surface area contributed by atoms with Gasteiger partial charge in [0.2, 0.25) is 0 Å². The zero-order valence-electron chi connectivity index (χ0n) is 19.3. The topological polar surface area (TPSA) is 99.1 Å². The molecule has 0 radical (unpaired) electrons. The smallest absolute Gasteiger partial charge is 0.264 e. The number of rotatable bonds is 7. The number of phenols is 1. The number of aryl methyl sites for hydroxylation is 1. The highest BCUT2D eigenvalue weighted by atomic mass is 32.2. The molecular weight excluding hydrogens is 462 g/mol. The van der Waals surface area contributed by atoms with Crippen molar-refractivity contribution < 1.29 is 18.3 Å². The van der Waals surface area contributed by atoms with Crippen molar-refractivity contribution in [1.29, 1.82) is 0 Å². The highest BCUT2D eigenvalue weighted by Gasteiger charge is 2.28. The van der Waals surface area contributed by atoms with Crippen LogP contribution in [0, 0.1) is 13.8 Å². The van der Waals surface area contributed by atoms with E-state index in [4.69, 9.17) is 0 Å². The Kier molecular flexibility index (Phi) is 6.84. The summed E-state index contributed by atoms with van der Waals surface area (Å²) in [7, 11) is -4.02. The van der Waals surface area contributed by atoms with Crippen LogP contribution in [0.25, 0.3) is 10.8 Å². The van der Waals surface area contributed by atoms with E-state index in [1.165, 1.54) is 18.3 Å². The van der Waals surface area contributed by atoms with Crippen LogP contribution in [0.4, 0.5) is 5.69 Å². The van der Waals surface area contributed by atoms with Crippen LogP contribution < -0.4 is 9.73 Å². The van der Waals surface area contributed by atoms with E-state index in [-0.39, 0.29) is 10.6 Å². The normalized spacial score (nSPS) is 11.6. The van der Waals surface area contributed by atoms with Crippen molar-refractivity contribution in [1.82, 2.24) is 5.43 Å². The van der Waals surface area contributed by atoms with E-state index in [9.17, 15) is 18.3 Å². The standard InChI is InChI=1S/C27H25N3O4S/c1-19-9-8-14-25(20(19)2)30(35(33,34)22-11-4-3-5-12-22)18-27(32)29-28-17-24-23-13-7-6-10-21(23)15-16-26(24)31/h3-17,31H,18H2,1-2H3,(H,29,32)/b28-17-. The molecule has 0 aliphatic rings. The molecule has 4 aromatic carbocycles. The van der Waals surface area contributed by atoms with Gasteiger partial charge in [-0.3, -0.25) is 9.10 Å². The third-order valence-electron chi connectivity index (χ3n) is 5.79. The van der Waals surface area contributed by atoms with E-state index in [2.05, 4.69) is 10.5 Å². The Labute approximate surface area is 204 Å². The lowest BCUT2D eigenvalue weighted by Crippen LogP contribution is -2.40. The molecule has 0 unspecified atom stereocenters. The maximum absolute atomic E-state index is 13.5. The molecule has 0 saturated carbocycles. The van der Waals surface area contributed by atoms with Gasteiger partial charge in [0.05, 0.1) is 16.8 Å². The summed E-state index contributed by atoms with van der Waals surface area (Å²) < 4.78 is 28.1. The highest BCUT2D eigenvalue weighted by molar-refractivity contribution is 7.92. The number of carbonyl (C=O) groups excluding carboxylic acids is 1. The number of hydrogen-bond donors (Lipinski definition) is 2. The van der Waals surface area contributed by atoms with Crippen LogP contribution >= 0.6 is 0 Å². The SMILES string of the molecule is Cc1cccc(N(CC(=O)N/N=C\c2c(O)ccc3ccccc23)S(=O)(=O)c2ccccc2)c1C. The van der Waals surface area contributed by atoms with Crippen molar-refractivity contribution in [3.8, 4) is 5.75 Å². The summed E-state index contributed by atoms with van der Waals surface area (Å²) in [4.78, 5) is 12.9. The summed E-state index contributed by atoms with van der Waals surface area (Å²) in [5.74, 6) is -0.605. The van der Waals surface area contributed by atoms with Crippen molar-refractivity contribution in [2.24, 2.45) is 5.10 Å². The maximum atomic E-state index is 13.5. The number of aromatic hydroxyl groups is 1. The minimum absolute atomic E-state index is 0.0189. The van der Waals surface area contributed by atoms with Crippen molar-refractivity contribution in [3.05, 3.63) is 102 Å². The summed E-state index contributed by atoms with van der Waals surface area (Å²) in [6, 6.07) is 24.1. The second-order valence-corrected chi connectivity index (χ2v) is 9.92. The largest absolute Gasteiger partial charge is 0.507 e. The van der Waals surface area contributed by atoms with Gasteiger partial charge >= 0.3 is 0 Å². The van der Waals surface area contributed by atoms with Crippen molar-refractivity contribution in [2.75, 3.05) is 10.8 Å². The van der Waals surface area contributed by atoms with Gasteiger partial charge in [-0.15, -0.1) is 0 Å². The molecular formula is C27H25N3O4S. The Morgan fingerprint density at radius 1 is 0.943 bits per heavy atom. The van der Waals surface area contributed by atoms with Gasteiger partial charge in [-0.25, -0.2) is 13.8 Å². The molecule has 0 fully saturated rings. The van der Waals surface area contributed by atoms with Crippen LogP contribution in [0.5, 0.6) is 5.75 Å². The maximum Gasteiger partial charge on any atom is 0.264 e. The van der Waals surface area contributed by atoms with E-state index in [0.29, 0.717) is 11.3 Å². The number of fused-ring (bicyclic) bond motifs is 1. The number of hydrogen-bond acceptors (Lipinski definition) is 5. The van der Waals surface area contributed by atoms with Crippen LogP contribution in [-0.4, -0.2) is 32.2 Å². The Morgan fingerprint density at radius 3 is 2.43 bits per heavy atom. The number of hydrazone groups is 1. The predicted octanol–water partition coefficient (Wildman–Crippen LogP) is 4.51. The summed E-state index contributed by atoms with van der Waals surface area (Å²) in [6.07, 6.45) is 1.35. The van der Waals surface area contributed by atoms with E-state index >= 15 is 0 Å². The fourth-order valence-electron chi connectivity index (χ4n) is 3.78. The van der Waals surface area contributed by atoms with E-state index < -0.39 is 22.5 Å². The van der Waals surface area contributed by atoms with Gasteiger partial charge in [0.25, 0.3) is 15.9 Å². The molecule has 35 heavy (non-hydrogen) atoms. The molecule has 4 rings (SSSR count). The molecule has 0 saturated heterocycles.